The van der Waals surface area contributed by atoms with Crippen LogP contribution < -0.4 is 0 Å². The van der Waals surface area contributed by atoms with Crippen molar-refractivity contribution >= 4 is 5.97 Å². The van der Waals surface area contributed by atoms with E-state index in [-0.39, 0.29) is 12.5 Å². The van der Waals surface area contributed by atoms with Crippen LogP contribution in [0.2, 0.25) is 0 Å². The van der Waals surface area contributed by atoms with E-state index in [1.54, 1.807) is 13.8 Å². The second-order valence-corrected chi connectivity index (χ2v) is 5.06. The first-order valence-corrected chi connectivity index (χ1v) is 6.83. The van der Waals surface area contributed by atoms with Gasteiger partial charge in [-0.2, -0.15) is 0 Å². The van der Waals surface area contributed by atoms with Crippen LogP contribution in [0.5, 0.6) is 0 Å². The van der Waals surface area contributed by atoms with Gasteiger partial charge in [0, 0.05) is 5.92 Å². The second kappa shape index (κ2) is 6.20. The lowest BCUT2D eigenvalue weighted by molar-refractivity contribution is -0.167. The van der Waals surface area contributed by atoms with E-state index in [4.69, 9.17) is 4.74 Å². The van der Waals surface area contributed by atoms with Gasteiger partial charge in [-0.15, -0.1) is 0 Å². The summed E-state index contributed by atoms with van der Waals surface area (Å²) in [4.78, 5) is 12.0. The average Bonchev–Trinajstić information content (AvgIpc) is 2.40. The molecule has 0 amide bonds. The molecule has 0 bridgehead atoms. The molecule has 2 atom stereocenters. The summed E-state index contributed by atoms with van der Waals surface area (Å²) in [6.07, 6.45) is 0.333. The quantitative estimate of drug-likeness (QED) is 0.831. The summed E-state index contributed by atoms with van der Waals surface area (Å²) in [5, 5.41) is 10.6. The summed E-state index contributed by atoms with van der Waals surface area (Å²) >= 11 is 0. The largest absolute Gasteiger partial charge is 0.464 e. The number of carbonyl (C=O) groups excluding carboxylic acids is 1. The fourth-order valence-corrected chi connectivity index (χ4v) is 2.19. The van der Waals surface area contributed by atoms with Crippen LogP contribution in [-0.4, -0.2) is 23.3 Å². The van der Waals surface area contributed by atoms with Gasteiger partial charge < -0.3 is 9.84 Å². The number of ether oxygens (including phenoxy) is 1. The molecule has 0 aliphatic heterocycles. The topological polar surface area (TPSA) is 46.5 Å². The summed E-state index contributed by atoms with van der Waals surface area (Å²) in [5.41, 5.74) is 1.86. The first-order chi connectivity index (χ1) is 8.86. The standard InChI is InChI=1S/C16H24O3/c1-6-16(18,15(17)19-7-2)13(5)14-9-8-11(3)12(4)10-14/h8-10,13,18H,6-7H2,1-5H3. The minimum absolute atomic E-state index is 0.279. The lowest BCUT2D eigenvalue weighted by Gasteiger charge is -2.31. The second-order valence-electron chi connectivity index (χ2n) is 5.06. The van der Waals surface area contributed by atoms with Gasteiger partial charge in [-0.25, -0.2) is 4.79 Å². The van der Waals surface area contributed by atoms with Crippen LogP contribution >= 0.6 is 0 Å². The predicted molar refractivity (Wildman–Crippen MR) is 76.2 cm³/mol. The van der Waals surface area contributed by atoms with Crippen LogP contribution in [0.1, 0.15) is 49.8 Å². The fraction of sp³-hybridized carbons (Fsp3) is 0.562. The van der Waals surface area contributed by atoms with E-state index >= 15 is 0 Å². The van der Waals surface area contributed by atoms with E-state index < -0.39 is 11.6 Å². The average molecular weight is 264 g/mol. The van der Waals surface area contributed by atoms with Crippen molar-refractivity contribution in [2.45, 2.75) is 52.6 Å². The van der Waals surface area contributed by atoms with Crippen molar-refractivity contribution in [3.63, 3.8) is 0 Å². The third-order valence-electron chi connectivity index (χ3n) is 3.92. The van der Waals surface area contributed by atoms with E-state index in [1.807, 2.05) is 39.0 Å². The normalized spacial score (nSPS) is 15.7. The maximum Gasteiger partial charge on any atom is 0.338 e. The van der Waals surface area contributed by atoms with Gasteiger partial charge in [0.2, 0.25) is 0 Å². The molecule has 0 fully saturated rings. The Kier molecular flexibility index (Phi) is 5.12. The number of hydrogen-bond donors (Lipinski definition) is 1. The van der Waals surface area contributed by atoms with Crippen LogP contribution in [0, 0.1) is 13.8 Å². The van der Waals surface area contributed by atoms with Gasteiger partial charge in [0.05, 0.1) is 6.61 Å². The highest BCUT2D eigenvalue weighted by Gasteiger charge is 2.42. The van der Waals surface area contributed by atoms with E-state index in [0.29, 0.717) is 6.42 Å². The molecule has 0 aliphatic rings. The van der Waals surface area contributed by atoms with E-state index in [0.717, 1.165) is 11.1 Å². The van der Waals surface area contributed by atoms with Crippen molar-refractivity contribution in [2.75, 3.05) is 6.61 Å². The number of esters is 1. The molecule has 2 unspecified atom stereocenters. The molecule has 0 heterocycles. The zero-order valence-electron chi connectivity index (χ0n) is 12.5. The highest BCUT2D eigenvalue weighted by Crippen LogP contribution is 2.32. The molecule has 1 aromatic rings. The molecule has 0 aliphatic carbocycles. The zero-order chi connectivity index (χ0) is 14.6. The third-order valence-corrected chi connectivity index (χ3v) is 3.92. The number of aryl methyl sites for hydroxylation is 2. The highest BCUT2D eigenvalue weighted by molar-refractivity contribution is 5.80. The van der Waals surface area contributed by atoms with Crippen LogP contribution in [0.3, 0.4) is 0 Å². The maximum absolute atomic E-state index is 12.0. The summed E-state index contributed by atoms with van der Waals surface area (Å²) in [6.45, 7) is 9.76. The predicted octanol–water partition coefficient (Wildman–Crippen LogP) is 3.11. The molecule has 0 radical (unpaired) electrons. The Morgan fingerprint density at radius 1 is 1.32 bits per heavy atom. The van der Waals surface area contributed by atoms with E-state index in [1.165, 1.54) is 5.56 Å². The molecule has 19 heavy (non-hydrogen) atoms. The van der Waals surface area contributed by atoms with Crippen molar-refractivity contribution in [3.05, 3.63) is 34.9 Å². The van der Waals surface area contributed by atoms with Crippen molar-refractivity contribution in [1.82, 2.24) is 0 Å². The SMILES string of the molecule is CCOC(=O)C(O)(CC)C(C)c1ccc(C)c(C)c1. The number of carbonyl (C=O) groups is 1. The lowest BCUT2D eigenvalue weighted by atomic mass is 9.81. The first kappa shape index (κ1) is 15.7. The molecule has 1 rings (SSSR count). The number of benzene rings is 1. The molecule has 0 spiro atoms. The Morgan fingerprint density at radius 3 is 2.42 bits per heavy atom. The van der Waals surface area contributed by atoms with Gasteiger partial charge >= 0.3 is 5.97 Å². The Balaban J connectivity index is 3.10. The maximum atomic E-state index is 12.0. The smallest absolute Gasteiger partial charge is 0.338 e. The number of aliphatic hydroxyl groups is 1. The summed E-state index contributed by atoms with van der Waals surface area (Å²) in [6, 6.07) is 6.01. The van der Waals surface area contributed by atoms with Gasteiger partial charge in [0.25, 0.3) is 0 Å². The Bertz CT molecular complexity index is 453. The Hall–Kier alpha value is -1.35. The Labute approximate surface area is 115 Å². The lowest BCUT2D eigenvalue weighted by Crippen LogP contribution is -2.44. The minimum atomic E-state index is -1.46. The van der Waals surface area contributed by atoms with Gasteiger partial charge in [-0.1, -0.05) is 32.0 Å². The van der Waals surface area contributed by atoms with Crippen LogP contribution in [-0.2, 0) is 9.53 Å². The minimum Gasteiger partial charge on any atom is -0.464 e. The first-order valence-electron chi connectivity index (χ1n) is 6.83. The number of hydrogen-bond acceptors (Lipinski definition) is 3. The van der Waals surface area contributed by atoms with Gasteiger partial charge in [-0.05, 0) is 43.9 Å². The molecular weight excluding hydrogens is 240 g/mol. The van der Waals surface area contributed by atoms with E-state index in [2.05, 4.69) is 0 Å². The van der Waals surface area contributed by atoms with Crippen LogP contribution in [0.4, 0.5) is 0 Å². The monoisotopic (exact) mass is 264 g/mol. The van der Waals surface area contributed by atoms with Gasteiger partial charge in [0.15, 0.2) is 5.60 Å². The van der Waals surface area contributed by atoms with Gasteiger partial charge in [-0.3, -0.25) is 0 Å². The summed E-state index contributed by atoms with van der Waals surface area (Å²) in [5.74, 6) is -0.834. The molecule has 1 aromatic carbocycles. The molecule has 106 valence electrons. The Morgan fingerprint density at radius 2 is 1.95 bits per heavy atom. The summed E-state index contributed by atoms with van der Waals surface area (Å²) in [7, 11) is 0. The van der Waals surface area contributed by atoms with Crippen molar-refractivity contribution in [2.24, 2.45) is 0 Å². The molecule has 3 nitrogen and oxygen atoms in total. The third kappa shape index (κ3) is 3.16. The highest BCUT2D eigenvalue weighted by atomic mass is 16.5. The van der Waals surface area contributed by atoms with Crippen molar-refractivity contribution in [3.8, 4) is 0 Å². The summed E-state index contributed by atoms with van der Waals surface area (Å²) < 4.78 is 5.01. The van der Waals surface area contributed by atoms with E-state index in [9.17, 15) is 9.90 Å². The van der Waals surface area contributed by atoms with Crippen LogP contribution in [0.15, 0.2) is 18.2 Å². The molecule has 0 saturated heterocycles. The molecule has 0 aromatic heterocycles. The van der Waals surface area contributed by atoms with Crippen molar-refractivity contribution < 1.29 is 14.6 Å². The zero-order valence-corrected chi connectivity index (χ0v) is 12.5. The molecule has 0 saturated carbocycles. The van der Waals surface area contributed by atoms with Crippen molar-refractivity contribution in [1.29, 1.82) is 0 Å². The molecule has 3 heteroatoms. The number of rotatable bonds is 5. The fourth-order valence-electron chi connectivity index (χ4n) is 2.19. The van der Waals surface area contributed by atoms with Gasteiger partial charge in [0.1, 0.15) is 0 Å². The molecule has 1 N–H and O–H groups in total. The molecular formula is C16H24O3. The van der Waals surface area contributed by atoms with Crippen LogP contribution in [0.25, 0.3) is 0 Å².